The molecule has 1 amide bonds. The van der Waals surface area contributed by atoms with Gasteiger partial charge in [0.25, 0.3) is 0 Å². The molecule has 1 saturated carbocycles. The molecule has 1 heterocycles. The molecule has 1 aliphatic carbocycles. The Morgan fingerprint density at radius 2 is 1.70 bits per heavy atom. The number of benzene rings is 2. The van der Waals surface area contributed by atoms with E-state index in [0.29, 0.717) is 16.8 Å². The predicted molar refractivity (Wildman–Crippen MR) is 93.8 cm³/mol. The van der Waals surface area contributed by atoms with Crippen LogP contribution >= 0.6 is 0 Å². The van der Waals surface area contributed by atoms with Gasteiger partial charge in [0.05, 0.1) is 12.1 Å². The Morgan fingerprint density at radius 3 is 2.37 bits per heavy atom. The summed E-state index contributed by atoms with van der Waals surface area (Å²) in [6.45, 7) is 0. The maximum absolute atomic E-state index is 13.4. The van der Waals surface area contributed by atoms with Gasteiger partial charge in [-0.05, 0) is 29.3 Å². The molecule has 4 rings (SSSR count). The Kier molecular flexibility index (Phi) is 3.61. The van der Waals surface area contributed by atoms with Crippen molar-refractivity contribution >= 4 is 17.4 Å². The minimum Gasteiger partial charge on any atom is -0.325 e. The summed E-state index contributed by atoms with van der Waals surface area (Å²) in [5.41, 5.74) is -1.91. The molecule has 2 atom stereocenters. The van der Waals surface area contributed by atoms with Crippen molar-refractivity contribution in [2.45, 2.75) is 24.2 Å². The first-order valence-corrected chi connectivity index (χ1v) is 8.49. The number of fused-ring (bicyclic) bond motifs is 2. The van der Waals surface area contributed by atoms with Crippen molar-refractivity contribution in [3.8, 4) is 12.1 Å². The fraction of sp³-hybridized carbons (Fsp3) is 0.238. The molecular weight excluding hydrogens is 345 g/mol. The van der Waals surface area contributed by atoms with Crippen LogP contribution in [0.4, 0.5) is 10.1 Å². The summed E-state index contributed by atoms with van der Waals surface area (Å²) in [6.07, 6.45) is -0.265. The SMILES string of the molecule is N#CC1(C#N)[C@@H](c2ccc(F)cc2)CC(=O)C[C@@]12C(=O)Nc1ccccc12. The molecule has 6 heteroatoms. The molecule has 2 aliphatic rings. The summed E-state index contributed by atoms with van der Waals surface area (Å²) in [5, 5.41) is 23.0. The van der Waals surface area contributed by atoms with E-state index in [1.807, 2.05) is 0 Å². The quantitative estimate of drug-likeness (QED) is 0.846. The number of carbonyl (C=O) groups is 2. The molecule has 1 N–H and O–H groups in total. The highest BCUT2D eigenvalue weighted by Gasteiger charge is 2.68. The third-order valence-corrected chi connectivity index (χ3v) is 5.74. The van der Waals surface area contributed by atoms with E-state index in [-0.39, 0.29) is 18.6 Å². The van der Waals surface area contributed by atoms with E-state index < -0.39 is 28.5 Å². The van der Waals surface area contributed by atoms with Crippen LogP contribution in [0.5, 0.6) is 0 Å². The van der Waals surface area contributed by atoms with E-state index in [1.54, 1.807) is 24.3 Å². The summed E-state index contributed by atoms with van der Waals surface area (Å²) in [5.74, 6) is -2.03. The van der Waals surface area contributed by atoms with Gasteiger partial charge in [0.1, 0.15) is 17.0 Å². The molecule has 1 aliphatic heterocycles. The third-order valence-electron chi connectivity index (χ3n) is 5.74. The van der Waals surface area contributed by atoms with E-state index in [4.69, 9.17) is 0 Å². The first-order chi connectivity index (χ1) is 13.0. The monoisotopic (exact) mass is 359 g/mol. The van der Waals surface area contributed by atoms with Crippen molar-refractivity contribution in [3.63, 3.8) is 0 Å². The van der Waals surface area contributed by atoms with Crippen molar-refractivity contribution in [2.75, 3.05) is 5.32 Å². The Bertz CT molecular complexity index is 1030. The highest BCUT2D eigenvalue weighted by Crippen LogP contribution is 2.60. The first kappa shape index (κ1) is 16.9. The average molecular weight is 359 g/mol. The highest BCUT2D eigenvalue weighted by atomic mass is 19.1. The Balaban J connectivity index is 2.01. The fourth-order valence-electron chi connectivity index (χ4n) is 4.50. The zero-order valence-electron chi connectivity index (χ0n) is 14.2. The first-order valence-electron chi connectivity index (χ1n) is 8.49. The summed E-state index contributed by atoms with van der Waals surface area (Å²) in [7, 11) is 0. The van der Waals surface area contributed by atoms with Gasteiger partial charge in [-0.3, -0.25) is 9.59 Å². The minimum absolute atomic E-state index is 0.0516. The number of Topliss-reactive ketones (excluding diaryl/α,β-unsaturated/α-hetero) is 1. The van der Waals surface area contributed by atoms with E-state index in [1.165, 1.54) is 24.3 Å². The number of hydrogen-bond donors (Lipinski definition) is 1. The van der Waals surface area contributed by atoms with Crippen LogP contribution in [0, 0.1) is 33.9 Å². The molecule has 2 aromatic carbocycles. The van der Waals surface area contributed by atoms with Gasteiger partial charge in [-0.15, -0.1) is 0 Å². The zero-order valence-corrected chi connectivity index (χ0v) is 14.2. The van der Waals surface area contributed by atoms with Gasteiger partial charge in [-0.1, -0.05) is 30.3 Å². The maximum atomic E-state index is 13.4. The standard InChI is InChI=1S/C21H14FN3O2/c22-14-7-5-13(6-8-14)17-9-15(26)10-21(20(17,11-23)12-24)16-3-1-2-4-18(16)25-19(21)27/h1-8,17H,9-10H2,(H,25,27)/t17-,21-/m1/s1. The summed E-state index contributed by atoms with van der Waals surface area (Å²) in [6, 6.07) is 16.4. The third kappa shape index (κ3) is 2.07. The number of nitriles is 2. The summed E-state index contributed by atoms with van der Waals surface area (Å²) >= 11 is 0. The lowest BCUT2D eigenvalue weighted by molar-refractivity contribution is -0.134. The smallest absolute Gasteiger partial charge is 0.238 e. The summed E-state index contributed by atoms with van der Waals surface area (Å²) in [4.78, 5) is 25.8. The minimum atomic E-state index is -1.80. The number of anilines is 1. The molecular formula is C21H14FN3O2. The van der Waals surface area contributed by atoms with Gasteiger partial charge < -0.3 is 5.32 Å². The van der Waals surface area contributed by atoms with Crippen LogP contribution in [0.3, 0.4) is 0 Å². The van der Waals surface area contributed by atoms with Crippen LogP contribution in [0.25, 0.3) is 0 Å². The van der Waals surface area contributed by atoms with Gasteiger partial charge in [0.15, 0.2) is 5.41 Å². The van der Waals surface area contributed by atoms with Crippen LogP contribution in [-0.4, -0.2) is 11.7 Å². The maximum Gasteiger partial charge on any atom is 0.238 e. The largest absolute Gasteiger partial charge is 0.325 e. The van der Waals surface area contributed by atoms with E-state index >= 15 is 0 Å². The van der Waals surface area contributed by atoms with Crippen LogP contribution in [0.1, 0.15) is 29.9 Å². The molecule has 0 bridgehead atoms. The topological polar surface area (TPSA) is 93.8 Å². The molecule has 2 aromatic rings. The van der Waals surface area contributed by atoms with Crippen LogP contribution in [0.2, 0.25) is 0 Å². The average Bonchev–Trinajstić information content (AvgIpc) is 2.95. The van der Waals surface area contributed by atoms with Crippen molar-refractivity contribution in [1.29, 1.82) is 10.5 Å². The molecule has 0 aromatic heterocycles. The van der Waals surface area contributed by atoms with Gasteiger partial charge in [0, 0.05) is 24.4 Å². The number of hydrogen-bond acceptors (Lipinski definition) is 4. The van der Waals surface area contributed by atoms with Gasteiger partial charge in [-0.2, -0.15) is 10.5 Å². The Labute approximate surface area is 155 Å². The van der Waals surface area contributed by atoms with Gasteiger partial charge in [-0.25, -0.2) is 4.39 Å². The van der Waals surface area contributed by atoms with Crippen LogP contribution in [0.15, 0.2) is 48.5 Å². The molecule has 1 fully saturated rings. The molecule has 132 valence electrons. The lowest BCUT2D eigenvalue weighted by Crippen LogP contribution is -2.56. The molecule has 0 unspecified atom stereocenters. The molecule has 0 radical (unpaired) electrons. The second kappa shape index (κ2) is 5.75. The number of nitrogens with one attached hydrogen (secondary N) is 1. The predicted octanol–water partition coefficient (Wildman–Crippen LogP) is 3.20. The second-order valence-electron chi connectivity index (χ2n) is 6.96. The Morgan fingerprint density at radius 1 is 1.04 bits per heavy atom. The number of carbonyl (C=O) groups excluding carboxylic acids is 2. The van der Waals surface area contributed by atoms with Crippen molar-refractivity contribution in [3.05, 3.63) is 65.5 Å². The zero-order chi connectivity index (χ0) is 19.2. The van der Waals surface area contributed by atoms with E-state index in [9.17, 15) is 24.5 Å². The number of nitrogens with zero attached hydrogens (tertiary/aromatic N) is 2. The number of rotatable bonds is 1. The molecule has 1 spiro atoms. The summed E-state index contributed by atoms with van der Waals surface area (Å²) < 4.78 is 13.4. The second-order valence-corrected chi connectivity index (χ2v) is 6.96. The van der Waals surface area contributed by atoms with Gasteiger partial charge in [0.2, 0.25) is 5.91 Å². The van der Waals surface area contributed by atoms with Crippen molar-refractivity contribution in [1.82, 2.24) is 0 Å². The van der Waals surface area contributed by atoms with Gasteiger partial charge >= 0.3 is 0 Å². The molecule has 27 heavy (non-hydrogen) atoms. The number of amides is 1. The molecule has 5 nitrogen and oxygen atoms in total. The fourth-order valence-corrected chi connectivity index (χ4v) is 4.50. The van der Waals surface area contributed by atoms with Crippen LogP contribution in [-0.2, 0) is 15.0 Å². The Hall–Kier alpha value is -3.51. The lowest BCUT2D eigenvalue weighted by Gasteiger charge is -2.46. The van der Waals surface area contributed by atoms with E-state index in [2.05, 4.69) is 17.5 Å². The molecule has 0 saturated heterocycles. The number of halogens is 1. The van der Waals surface area contributed by atoms with Crippen molar-refractivity contribution < 1.29 is 14.0 Å². The lowest BCUT2D eigenvalue weighted by atomic mass is 9.49. The van der Waals surface area contributed by atoms with Crippen LogP contribution < -0.4 is 5.32 Å². The highest BCUT2D eigenvalue weighted by molar-refractivity contribution is 6.11. The number of para-hydroxylation sites is 1. The normalized spacial score (nSPS) is 25.4. The van der Waals surface area contributed by atoms with Crippen molar-refractivity contribution in [2.24, 2.45) is 5.41 Å². The van der Waals surface area contributed by atoms with E-state index in [0.717, 1.165) is 0 Å². The number of ketones is 1.